The zero-order valence-corrected chi connectivity index (χ0v) is 16.0. The second kappa shape index (κ2) is 9.01. The third-order valence-corrected chi connectivity index (χ3v) is 4.63. The van der Waals surface area contributed by atoms with E-state index in [9.17, 15) is 13.2 Å². The van der Waals surface area contributed by atoms with Gasteiger partial charge in [0.1, 0.15) is 17.1 Å². The minimum Gasteiger partial charge on any atom is -0.493 e. The molecular formula is C19H19F3N4OS. The minimum atomic E-state index is -4.51. The maximum absolute atomic E-state index is 13.4. The van der Waals surface area contributed by atoms with Crippen molar-refractivity contribution in [3.63, 3.8) is 0 Å². The number of halogens is 3. The number of hydrogen-bond donors (Lipinski definition) is 1. The van der Waals surface area contributed by atoms with Crippen LogP contribution < -0.4 is 10.1 Å². The highest BCUT2D eigenvalue weighted by atomic mass is 32.1. The molecule has 3 rings (SSSR count). The van der Waals surface area contributed by atoms with Crippen molar-refractivity contribution >= 4 is 22.2 Å². The average molecular weight is 408 g/mol. The zero-order chi connectivity index (χ0) is 20.0. The summed E-state index contributed by atoms with van der Waals surface area (Å²) in [7, 11) is 0. The second-order valence-electron chi connectivity index (χ2n) is 6.02. The monoisotopic (exact) mass is 408 g/mol. The average Bonchev–Trinajstić information content (AvgIpc) is 3.14. The zero-order valence-electron chi connectivity index (χ0n) is 15.2. The van der Waals surface area contributed by atoms with Gasteiger partial charge in [-0.05, 0) is 24.6 Å². The molecule has 9 heteroatoms. The predicted molar refractivity (Wildman–Crippen MR) is 103 cm³/mol. The van der Waals surface area contributed by atoms with Crippen molar-refractivity contribution < 1.29 is 17.9 Å². The summed E-state index contributed by atoms with van der Waals surface area (Å²) in [6.07, 6.45) is 2.78. The Hall–Kier alpha value is -2.68. The number of anilines is 2. The Balaban J connectivity index is 1.76. The normalized spacial score (nSPS) is 11.4. The van der Waals surface area contributed by atoms with Gasteiger partial charge < -0.3 is 10.1 Å². The summed E-state index contributed by atoms with van der Waals surface area (Å²) in [5.41, 5.74) is 0.680. The van der Waals surface area contributed by atoms with E-state index in [4.69, 9.17) is 4.74 Å². The van der Waals surface area contributed by atoms with Crippen molar-refractivity contribution in [1.82, 2.24) is 15.0 Å². The van der Waals surface area contributed by atoms with E-state index in [1.54, 1.807) is 30.0 Å². The molecule has 0 aliphatic heterocycles. The molecule has 0 atom stereocenters. The number of hydrogen-bond acceptors (Lipinski definition) is 6. The van der Waals surface area contributed by atoms with E-state index in [2.05, 4.69) is 20.3 Å². The molecule has 0 bridgehead atoms. The van der Waals surface area contributed by atoms with Crippen molar-refractivity contribution in [2.45, 2.75) is 32.4 Å². The van der Waals surface area contributed by atoms with Gasteiger partial charge >= 0.3 is 6.18 Å². The highest BCUT2D eigenvalue weighted by Crippen LogP contribution is 2.39. The molecule has 0 aliphatic rings. The molecule has 2 aromatic heterocycles. The molecule has 0 spiro atoms. The lowest BCUT2D eigenvalue weighted by molar-refractivity contribution is -0.138. The molecule has 0 unspecified atom stereocenters. The highest BCUT2D eigenvalue weighted by molar-refractivity contribution is 7.14. The number of nitrogens with one attached hydrogen (secondary N) is 1. The number of nitrogens with zero attached hydrogens (tertiary/aromatic N) is 3. The summed E-state index contributed by atoms with van der Waals surface area (Å²) < 4.78 is 45.7. The van der Waals surface area contributed by atoms with Gasteiger partial charge in [-0.3, -0.25) is 9.97 Å². The first kappa shape index (κ1) is 20.1. The molecule has 0 radical (unpaired) electrons. The Bertz CT molecular complexity index is 900. The molecular weight excluding hydrogens is 389 g/mol. The maximum atomic E-state index is 13.4. The van der Waals surface area contributed by atoms with Crippen LogP contribution in [0.15, 0.2) is 42.2 Å². The van der Waals surface area contributed by atoms with Gasteiger partial charge in [0.05, 0.1) is 18.4 Å². The summed E-state index contributed by atoms with van der Waals surface area (Å²) in [5, 5.41) is 5.14. The molecule has 3 aromatic rings. The summed E-state index contributed by atoms with van der Waals surface area (Å²) in [5.74, 6) is -0.159. The first-order chi connectivity index (χ1) is 13.5. The number of ether oxygens (including phenoxy) is 1. The van der Waals surface area contributed by atoms with Crippen LogP contribution in [-0.4, -0.2) is 21.6 Å². The predicted octanol–water partition coefficient (Wildman–Crippen LogP) is 5.93. The van der Waals surface area contributed by atoms with E-state index >= 15 is 0 Å². The van der Waals surface area contributed by atoms with Gasteiger partial charge in [-0.2, -0.15) is 13.2 Å². The van der Waals surface area contributed by atoms with Crippen molar-refractivity contribution in [3.05, 3.63) is 47.7 Å². The Morgan fingerprint density at radius 2 is 2.00 bits per heavy atom. The largest absolute Gasteiger partial charge is 0.493 e. The third-order valence-electron chi connectivity index (χ3n) is 3.87. The lowest BCUT2D eigenvalue weighted by Gasteiger charge is -2.15. The molecule has 148 valence electrons. The fourth-order valence-corrected chi connectivity index (χ4v) is 3.22. The Morgan fingerprint density at radius 3 is 2.71 bits per heavy atom. The van der Waals surface area contributed by atoms with Crippen LogP contribution in [0.4, 0.5) is 24.0 Å². The van der Waals surface area contributed by atoms with Crippen molar-refractivity contribution in [2.75, 3.05) is 11.9 Å². The van der Waals surface area contributed by atoms with Crippen molar-refractivity contribution in [1.29, 1.82) is 0 Å². The molecule has 2 heterocycles. The van der Waals surface area contributed by atoms with Gasteiger partial charge in [-0.1, -0.05) is 19.8 Å². The van der Waals surface area contributed by atoms with E-state index in [0.29, 0.717) is 16.5 Å². The van der Waals surface area contributed by atoms with E-state index in [-0.39, 0.29) is 18.0 Å². The molecule has 5 nitrogen and oxygen atoms in total. The molecule has 0 aliphatic carbocycles. The molecule has 0 saturated heterocycles. The van der Waals surface area contributed by atoms with Gasteiger partial charge in [-0.25, -0.2) is 4.98 Å². The summed E-state index contributed by atoms with van der Waals surface area (Å²) in [6, 6.07) is 3.93. The summed E-state index contributed by atoms with van der Waals surface area (Å²) in [4.78, 5) is 12.5. The highest BCUT2D eigenvalue weighted by Gasteiger charge is 2.34. The Kier molecular flexibility index (Phi) is 6.45. The van der Waals surface area contributed by atoms with Gasteiger partial charge in [-0.15, -0.1) is 11.3 Å². The molecule has 0 saturated carbocycles. The minimum absolute atomic E-state index is 0.159. The second-order valence-corrected chi connectivity index (χ2v) is 6.88. The summed E-state index contributed by atoms with van der Waals surface area (Å²) >= 11 is 1.27. The fraction of sp³-hybridized carbons (Fsp3) is 0.316. The number of thiazole rings is 1. The van der Waals surface area contributed by atoms with Crippen LogP contribution in [0.3, 0.4) is 0 Å². The van der Waals surface area contributed by atoms with Crippen molar-refractivity contribution in [3.8, 4) is 17.1 Å². The number of benzene rings is 1. The number of alkyl halides is 3. The molecule has 1 N–H and O–H groups in total. The topological polar surface area (TPSA) is 59.9 Å². The van der Waals surface area contributed by atoms with Gasteiger partial charge in [0.2, 0.25) is 0 Å². The lowest BCUT2D eigenvalue weighted by Crippen LogP contribution is -2.10. The molecule has 0 amide bonds. The number of rotatable bonds is 8. The molecule has 1 aromatic carbocycles. The molecule has 0 fully saturated rings. The number of aromatic nitrogens is 3. The van der Waals surface area contributed by atoms with Crippen LogP contribution in [0, 0.1) is 0 Å². The molecule has 28 heavy (non-hydrogen) atoms. The van der Waals surface area contributed by atoms with Crippen LogP contribution >= 0.6 is 11.3 Å². The van der Waals surface area contributed by atoms with E-state index in [1.807, 2.05) is 6.92 Å². The first-order valence-electron chi connectivity index (χ1n) is 8.80. The Morgan fingerprint density at radius 1 is 1.14 bits per heavy atom. The van der Waals surface area contributed by atoms with E-state index in [1.165, 1.54) is 17.4 Å². The standard InChI is InChI=1S/C19H19F3N4OS/c1-2-3-4-9-27-17-6-5-13(10-14(17)19(20,21)22)25-18-26-16(12-28-18)15-11-23-7-8-24-15/h5-8,10-12H,2-4,9H2,1H3,(H,25,26). The third kappa shape index (κ3) is 5.19. The van der Waals surface area contributed by atoms with Crippen LogP contribution in [0.25, 0.3) is 11.4 Å². The van der Waals surface area contributed by atoms with Gasteiger partial charge in [0.25, 0.3) is 0 Å². The van der Waals surface area contributed by atoms with E-state index < -0.39 is 11.7 Å². The lowest BCUT2D eigenvalue weighted by atomic mass is 10.1. The van der Waals surface area contributed by atoms with Crippen molar-refractivity contribution in [2.24, 2.45) is 0 Å². The summed E-state index contributed by atoms with van der Waals surface area (Å²) in [6.45, 7) is 2.29. The fourth-order valence-electron chi connectivity index (χ4n) is 2.49. The maximum Gasteiger partial charge on any atom is 0.420 e. The Labute approximate surface area is 164 Å². The van der Waals surface area contributed by atoms with Gasteiger partial charge in [0, 0.05) is 23.5 Å². The van der Waals surface area contributed by atoms with Crippen LogP contribution in [0.5, 0.6) is 5.75 Å². The van der Waals surface area contributed by atoms with Crippen LogP contribution in [-0.2, 0) is 6.18 Å². The van der Waals surface area contributed by atoms with Crippen LogP contribution in [0.2, 0.25) is 0 Å². The van der Waals surface area contributed by atoms with E-state index in [0.717, 1.165) is 25.3 Å². The first-order valence-corrected chi connectivity index (χ1v) is 9.68. The van der Waals surface area contributed by atoms with Gasteiger partial charge in [0.15, 0.2) is 5.13 Å². The quantitative estimate of drug-likeness (QED) is 0.468. The van der Waals surface area contributed by atoms with Crippen LogP contribution in [0.1, 0.15) is 31.7 Å². The number of unbranched alkanes of at least 4 members (excludes halogenated alkanes) is 2. The smallest absolute Gasteiger partial charge is 0.420 e. The SMILES string of the molecule is CCCCCOc1ccc(Nc2nc(-c3cnccn3)cs2)cc1C(F)(F)F.